The fourth-order valence-electron chi connectivity index (χ4n) is 3.91. The molecule has 3 atom stereocenters. The Kier molecular flexibility index (Phi) is 4.33. The van der Waals surface area contributed by atoms with E-state index >= 15 is 0 Å². The van der Waals surface area contributed by atoms with Crippen LogP contribution in [0, 0.1) is 5.92 Å². The highest BCUT2D eigenvalue weighted by Gasteiger charge is 2.36. The summed E-state index contributed by atoms with van der Waals surface area (Å²) in [6.07, 6.45) is 6.22. The summed E-state index contributed by atoms with van der Waals surface area (Å²) in [7, 11) is 0. The molecule has 0 aromatic carbocycles. The van der Waals surface area contributed by atoms with Crippen LogP contribution in [0.1, 0.15) is 38.5 Å². The van der Waals surface area contributed by atoms with Crippen molar-refractivity contribution in [1.82, 2.24) is 15.1 Å². The quantitative estimate of drug-likeness (QED) is 0.796. The van der Waals surface area contributed by atoms with Crippen LogP contribution < -0.4 is 11.1 Å². The minimum Gasteiger partial charge on any atom is -0.339 e. The number of fused-ring (bicyclic) bond motifs is 1. The Hall–Kier alpha value is -1.30. The normalized spacial score (nSPS) is 32.8. The van der Waals surface area contributed by atoms with Gasteiger partial charge in [-0.15, -0.1) is 0 Å². The zero-order chi connectivity index (χ0) is 14.8. The van der Waals surface area contributed by atoms with Crippen molar-refractivity contribution in [3.05, 3.63) is 0 Å². The maximum atomic E-state index is 12.4. The molecule has 6 heteroatoms. The van der Waals surface area contributed by atoms with Gasteiger partial charge in [-0.05, 0) is 25.2 Å². The first-order valence-electron chi connectivity index (χ1n) is 8.21. The van der Waals surface area contributed by atoms with E-state index in [1.807, 2.05) is 9.80 Å². The zero-order valence-electron chi connectivity index (χ0n) is 12.6. The number of amides is 3. The summed E-state index contributed by atoms with van der Waals surface area (Å²) in [6, 6.07) is 0.513. The maximum Gasteiger partial charge on any atom is 0.317 e. The molecule has 21 heavy (non-hydrogen) atoms. The zero-order valence-corrected chi connectivity index (χ0v) is 12.6. The van der Waals surface area contributed by atoms with Crippen LogP contribution in [0.3, 0.4) is 0 Å². The van der Waals surface area contributed by atoms with Gasteiger partial charge in [0.2, 0.25) is 5.91 Å². The van der Waals surface area contributed by atoms with Gasteiger partial charge < -0.3 is 20.9 Å². The molecule has 0 bridgehead atoms. The minimum absolute atomic E-state index is 0.0169. The molecule has 3 aliphatic rings. The first-order valence-corrected chi connectivity index (χ1v) is 8.21. The van der Waals surface area contributed by atoms with Crippen LogP contribution in [-0.2, 0) is 4.79 Å². The molecule has 2 heterocycles. The fraction of sp³-hybridized carbons (Fsp3) is 0.867. The molecule has 1 aliphatic carbocycles. The van der Waals surface area contributed by atoms with Crippen molar-refractivity contribution in [3.63, 3.8) is 0 Å². The highest BCUT2D eigenvalue weighted by molar-refractivity contribution is 5.79. The predicted molar refractivity (Wildman–Crippen MR) is 79.6 cm³/mol. The lowest BCUT2D eigenvalue weighted by Crippen LogP contribution is -2.53. The molecule has 0 aromatic rings. The molecule has 1 saturated carbocycles. The minimum atomic E-state index is 0.0169. The van der Waals surface area contributed by atoms with Crippen molar-refractivity contribution < 1.29 is 9.59 Å². The summed E-state index contributed by atoms with van der Waals surface area (Å²) in [5.74, 6) is 0.863. The van der Waals surface area contributed by atoms with Gasteiger partial charge in [0.25, 0.3) is 0 Å². The van der Waals surface area contributed by atoms with Gasteiger partial charge >= 0.3 is 6.03 Å². The number of hydrogen-bond donors (Lipinski definition) is 2. The van der Waals surface area contributed by atoms with Crippen LogP contribution in [-0.4, -0.2) is 60.0 Å². The van der Waals surface area contributed by atoms with E-state index in [4.69, 9.17) is 5.73 Å². The van der Waals surface area contributed by atoms with Gasteiger partial charge in [0.15, 0.2) is 0 Å². The molecule has 6 nitrogen and oxygen atoms in total. The average Bonchev–Trinajstić information content (AvgIpc) is 2.86. The van der Waals surface area contributed by atoms with Crippen molar-refractivity contribution in [2.45, 2.75) is 50.6 Å². The van der Waals surface area contributed by atoms with Crippen molar-refractivity contribution in [3.8, 4) is 0 Å². The van der Waals surface area contributed by atoms with Gasteiger partial charge in [0.1, 0.15) is 0 Å². The number of nitrogens with one attached hydrogen (secondary N) is 1. The lowest BCUT2D eigenvalue weighted by Gasteiger charge is -2.36. The van der Waals surface area contributed by atoms with E-state index < -0.39 is 0 Å². The number of hydrogen-bond acceptors (Lipinski definition) is 3. The van der Waals surface area contributed by atoms with Crippen molar-refractivity contribution >= 4 is 11.9 Å². The number of carbonyl (C=O) groups is 2. The van der Waals surface area contributed by atoms with Gasteiger partial charge in [0.05, 0.1) is 6.04 Å². The van der Waals surface area contributed by atoms with E-state index in [0.717, 1.165) is 19.3 Å². The van der Waals surface area contributed by atoms with Gasteiger partial charge in [-0.25, -0.2) is 4.79 Å². The number of carbonyl (C=O) groups excluding carboxylic acids is 2. The van der Waals surface area contributed by atoms with E-state index in [-0.39, 0.29) is 18.0 Å². The van der Waals surface area contributed by atoms with E-state index in [2.05, 4.69) is 5.32 Å². The average molecular weight is 294 g/mol. The summed E-state index contributed by atoms with van der Waals surface area (Å²) in [4.78, 5) is 27.7. The Balaban J connectivity index is 1.44. The Morgan fingerprint density at radius 3 is 3.00 bits per heavy atom. The van der Waals surface area contributed by atoms with Crippen LogP contribution in [0.2, 0.25) is 0 Å². The number of nitrogens with zero attached hydrogens (tertiary/aromatic N) is 2. The molecule has 2 saturated heterocycles. The van der Waals surface area contributed by atoms with Gasteiger partial charge in [0, 0.05) is 38.6 Å². The second kappa shape index (κ2) is 6.22. The second-order valence-electron chi connectivity index (χ2n) is 6.70. The highest BCUT2D eigenvalue weighted by atomic mass is 16.2. The highest BCUT2D eigenvalue weighted by Crippen LogP contribution is 2.27. The van der Waals surface area contributed by atoms with Gasteiger partial charge in [-0.2, -0.15) is 0 Å². The molecule has 0 radical (unpaired) electrons. The third-order valence-electron chi connectivity index (χ3n) is 5.18. The number of nitrogens with two attached hydrogens (primary N) is 1. The lowest BCUT2D eigenvalue weighted by atomic mass is 9.83. The van der Waals surface area contributed by atoms with Crippen LogP contribution in [0.15, 0.2) is 0 Å². The van der Waals surface area contributed by atoms with Crippen molar-refractivity contribution in [2.24, 2.45) is 11.7 Å². The monoisotopic (exact) mass is 294 g/mol. The Labute approximate surface area is 126 Å². The summed E-state index contributed by atoms with van der Waals surface area (Å²) in [5, 5.41) is 2.84. The fourth-order valence-corrected chi connectivity index (χ4v) is 3.91. The summed E-state index contributed by atoms with van der Waals surface area (Å²) in [6.45, 7) is 2.69. The molecule has 3 fully saturated rings. The summed E-state index contributed by atoms with van der Waals surface area (Å²) < 4.78 is 0. The van der Waals surface area contributed by atoms with E-state index in [1.54, 1.807) is 0 Å². The number of piperazine rings is 1. The Morgan fingerprint density at radius 2 is 2.19 bits per heavy atom. The van der Waals surface area contributed by atoms with Crippen LogP contribution >= 0.6 is 0 Å². The standard InChI is InChI=1S/C15H26N4O2/c16-12-3-1-2-11(8-12)4-5-14(20)18-6-7-19-13(10-18)9-17-15(19)21/h11-13H,1-10,16H2,(H,17,21). The third kappa shape index (κ3) is 3.31. The van der Waals surface area contributed by atoms with Crippen LogP contribution in [0.25, 0.3) is 0 Å². The van der Waals surface area contributed by atoms with Crippen molar-refractivity contribution in [1.29, 1.82) is 0 Å². The topological polar surface area (TPSA) is 78.7 Å². The molecular weight excluding hydrogens is 268 g/mol. The van der Waals surface area contributed by atoms with Crippen LogP contribution in [0.5, 0.6) is 0 Å². The lowest BCUT2D eigenvalue weighted by molar-refractivity contribution is -0.133. The molecule has 2 aliphatic heterocycles. The molecule has 3 amide bonds. The largest absolute Gasteiger partial charge is 0.339 e. The predicted octanol–water partition coefficient (Wildman–Crippen LogP) is 0.520. The van der Waals surface area contributed by atoms with Gasteiger partial charge in [-0.1, -0.05) is 12.8 Å². The first kappa shape index (κ1) is 14.6. The van der Waals surface area contributed by atoms with Crippen LogP contribution in [0.4, 0.5) is 4.79 Å². The van der Waals surface area contributed by atoms with E-state index in [1.165, 1.54) is 12.8 Å². The van der Waals surface area contributed by atoms with Gasteiger partial charge in [-0.3, -0.25) is 4.79 Å². The molecule has 3 unspecified atom stereocenters. The molecule has 3 N–H and O–H groups in total. The Bertz CT molecular complexity index is 414. The molecule has 0 aromatic heterocycles. The number of rotatable bonds is 3. The van der Waals surface area contributed by atoms with Crippen molar-refractivity contribution in [2.75, 3.05) is 26.2 Å². The summed E-state index contributed by atoms with van der Waals surface area (Å²) >= 11 is 0. The SMILES string of the molecule is NC1CCCC(CCC(=O)N2CCN3C(=O)NCC3C2)C1. The number of urea groups is 1. The third-order valence-corrected chi connectivity index (χ3v) is 5.18. The molecule has 3 rings (SSSR count). The molecule has 118 valence electrons. The molecule has 0 spiro atoms. The Morgan fingerprint density at radius 1 is 1.33 bits per heavy atom. The maximum absolute atomic E-state index is 12.4. The summed E-state index contributed by atoms with van der Waals surface area (Å²) in [5.41, 5.74) is 6.01. The van der Waals surface area contributed by atoms with E-state index in [0.29, 0.717) is 44.6 Å². The smallest absolute Gasteiger partial charge is 0.317 e. The molecular formula is C15H26N4O2. The first-order chi connectivity index (χ1) is 10.1. The van der Waals surface area contributed by atoms with E-state index in [9.17, 15) is 9.59 Å². The second-order valence-corrected chi connectivity index (χ2v) is 6.70.